The van der Waals surface area contributed by atoms with Gasteiger partial charge in [-0.1, -0.05) is 35.9 Å². The maximum absolute atomic E-state index is 14.0. The van der Waals surface area contributed by atoms with E-state index in [1.807, 2.05) is 30.3 Å². The standard InChI is InChI=1S/C25H21ClF2N4O3/c26-20-13-18-22(32(20)16-5-2-1-3-6-16)29-15-31(24(18)34)14-25(35)9-11-30(12-10-25)23(33)17-7-4-8-19(27)21(17)28/h1-8,13,15,35H,9-12,14H2. The summed E-state index contributed by atoms with van der Waals surface area (Å²) in [7, 11) is 0. The van der Waals surface area contributed by atoms with Gasteiger partial charge in [-0.05, 0) is 43.2 Å². The molecule has 4 aromatic rings. The Labute approximate surface area is 203 Å². The fraction of sp³-hybridized carbons (Fsp3) is 0.240. The molecule has 1 saturated heterocycles. The highest BCUT2D eigenvalue weighted by atomic mass is 35.5. The van der Waals surface area contributed by atoms with Crippen LogP contribution >= 0.6 is 11.6 Å². The van der Waals surface area contributed by atoms with E-state index in [1.54, 1.807) is 10.6 Å². The van der Waals surface area contributed by atoms with Crippen molar-refractivity contribution in [1.82, 2.24) is 19.0 Å². The molecule has 1 N–H and O–H groups in total. The summed E-state index contributed by atoms with van der Waals surface area (Å²) in [5.74, 6) is -2.92. The SMILES string of the molecule is O=C(c1cccc(F)c1F)N1CCC(O)(Cn2cnc3c(cc(Cl)n3-c3ccccc3)c2=O)CC1. The molecule has 3 heterocycles. The van der Waals surface area contributed by atoms with Crippen LogP contribution in [0.15, 0.2) is 65.7 Å². The van der Waals surface area contributed by atoms with Crippen LogP contribution in [0, 0.1) is 11.6 Å². The number of nitrogens with zero attached hydrogens (tertiary/aromatic N) is 4. The zero-order valence-corrected chi connectivity index (χ0v) is 19.3. The highest BCUT2D eigenvalue weighted by Gasteiger charge is 2.36. The van der Waals surface area contributed by atoms with Gasteiger partial charge in [-0.2, -0.15) is 0 Å². The lowest BCUT2D eigenvalue weighted by Gasteiger charge is -2.38. The van der Waals surface area contributed by atoms with E-state index in [0.29, 0.717) is 16.2 Å². The van der Waals surface area contributed by atoms with Crippen LogP contribution in [0.5, 0.6) is 0 Å². The molecule has 0 aliphatic carbocycles. The van der Waals surface area contributed by atoms with Crippen molar-refractivity contribution >= 4 is 28.5 Å². The Morgan fingerprint density at radius 1 is 1.09 bits per heavy atom. The van der Waals surface area contributed by atoms with E-state index in [0.717, 1.165) is 11.8 Å². The first-order valence-electron chi connectivity index (χ1n) is 11.0. The summed E-state index contributed by atoms with van der Waals surface area (Å²) < 4.78 is 30.5. The summed E-state index contributed by atoms with van der Waals surface area (Å²) in [6.07, 6.45) is 1.69. The zero-order chi connectivity index (χ0) is 24.7. The topological polar surface area (TPSA) is 80.4 Å². The molecule has 1 amide bonds. The van der Waals surface area contributed by atoms with Crippen molar-refractivity contribution in [3.63, 3.8) is 0 Å². The van der Waals surface area contributed by atoms with Crippen LogP contribution in [-0.2, 0) is 6.54 Å². The molecule has 0 bridgehead atoms. The molecule has 0 spiro atoms. The van der Waals surface area contributed by atoms with Gasteiger partial charge in [0.25, 0.3) is 11.5 Å². The Kier molecular flexibility index (Phi) is 5.90. The minimum Gasteiger partial charge on any atom is -0.388 e. The van der Waals surface area contributed by atoms with Crippen molar-refractivity contribution < 1.29 is 18.7 Å². The Hall–Kier alpha value is -3.56. The zero-order valence-electron chi connectivity index (χ0n) is 18.5. The molecule has 5 rings (SSSR count). The van der Waals surface area contributed by atoms with Crippen molar-refractivity contribution in [3.05, 3.63) is 93.6 Å². The first kappa shape index (κ1) is 23.2. The molecule has 180 valence electrons. The van der Waals surface area contributed by atoms with Gasteiger partial charge in [-0.15, -0.1) is 0 Å². The van der Waals surface area contributed by atoms with Gasteiger partial charge in [0.15, 0.2) is 17.3 Å². The average molecular weight is 499 g/mol. The second kappa shape index (κ2) is 8.90. The monoisotopic (exact) mass is 498 g/mol. The second-order valence-corrected chi connectivity index (χ2v) is 9.06. The quantitative estimate of drug-likeness (QED) is 0.464. The Bertz CT molecular complexity index is 1480. The van der Waals surface area contributed by atoms with E-state index >= 15 is 0 Å². The summed E-state index contributed by atoms with van der Waals surface area (Å²) in [6.45, 7) is 0.233. The number of amides is 1. The van der Waals surface area contributed by atoms with Gasteiger partial charge in [-0.25, -0.2) is 13.8 Å². The Balaban J connectivity index is 1.35. The number of halogens is 3. The van der Waals surface area contributed by atoms with Crippen molar-refractivity contribution in [2.75, 3.05) is 13.1 Å². The normalized spacial score (nSPS) is 15.5. The third-order valence-corrected chi connectivity index (χ3v) is 6.66. The number of hydrogen-bond acceptors (Lipinski definition) is 4. The number of likely N-dealkylation sites (tertiary alicyclic amines) is 1. The lowest BCUT2D eigenvalue weighted by atomic mass is 9.91. The number of para-hydroxylation sites is 1. The maximum Gasteiger partial charge on any atom is 0.262 e. The van der Waals surface area contributed by atoms with E-state index < -0.39 is 23.1 Å². The van der Waals surface area contributed by atoms with Gasteiger partial charge in [0.1, 0.15) is 11.5 Å². The molecule has 1 fully saturated rings. The first-order valence-corrected chi connectivity index (χ1v) is 11.4. The molecule has 35 heavy (non-hydrogen) atoms. The van der Waals surface area contributed by atoms with Crippen molar-refractivity contribution in [1.29, 1.82) is 0 Å². The van der Waals surface area contributed by atoms with Gasteiger partial charge in [-0.3, -0.25) is 18.7 Å². The maximum atomic E-state index is 14.0. The first-order chi connectivity index (χ1) is 16.8. The second-order valence-electron chi connectivity index (χ2n) is 8.67. The number of piperidine rings is 1. The molecular formula is C25H21ClF2N4O3. The minimum atomic E-state index is -1.28. The van der Waals surface area contributed by atoms with Gasteiger partial charge < -0.3 is 10.0 Å². The van der Waals surface area contributed by atoms with Crippen molar-refractivity contribution in [2.24, 2.45) is 0 Å². The van der Waals surface area contributed by atoms with E-state index in [9.17, 15) is 23.5 Å². The summed E-state index contributed by atoms with van der Waals surface area (Å²) >= 11 is 6.40. The molecule has 1 aliphatic rings. The summed E-state index contributed by atoms with van der Waals surface area (Å²) in [4.78, 5) is 31.6. The van der Waals surface area contributed by atoms with Crippen LogP contribution < -0.4 is 5.56 Å². The number of fused-ring (bicyclic) bond motifs is 1. The van der Waals surface area contributed by atoms with Crippen LogP contribution in [-0.4, -0.2) is 48.7 Å². The molecule has 10 heteroatoms. The lowest BCUT2D eigenvalue weighted by molar-refractivity contribution is -0.0300. The van der Waals surface area contributed by atoms with Gasteiger partial charge in [0.05, 0.1) is 23.1 Å². The smallest absolute Gasteiger partial charge is 0.262 e. The molecule has 2 aromatic heterocycles. The van der Waals surface area contributed by atoms with E-state index in [4.69, 9.17) is 11.6 Å². The number of hydrogen-bond donors (Lipinski definition) is 1. The Morgan fingerprint density at radius 2 is 1.80 bits per heavy atom. The van der Waals surface area contributed by atoms with Crippen LogP contribution in [0.3, 0.4) is 0 Å². The summed E-state index contributed by atoms with van der Waals surface area (Å²) in [5.41, 5.74) is -0.793. The third kappa shape index (κ3) is 4.21. The third-order valence-electron chi connectivity index (χ3n) is 6.38. The molecule has 2 aromatic carbocycles. The van der Waals surface area contributed by atoms with Crippen LogP contribution in [0.25, 0.3) is 16.7 Å². The highest BCUT2D eigenvalue weighted by Crippen LogP contribution is 2.27. The van der Waals surface area contributed by atoms with Crippen LogP contribution in [0.1, 0.15) is 23.2 Å². The van der Waals surface area contributed by atoms with Crippen molar-refractivity contribution in [3.8, 4) is 5.69 Å². The summed E-state index contributed by atoms with van der Waals surface area (Å²) in [5, 5.41) is 11.8. The van der Waals surface area contributed by atoms with E-state index in [1.165, 1.54) is 27.9 Å². The summed E-state index contributed by atoms with van der Waals surface area (Å²) in [6, 6.07) is 14.3. The Morgan fingerprint density at radius 3 is 2.51 bits per heavy atom. The minimum absolute atomic E-state index is 0.0285. The molecule has 0 saturated carbocycles. The number of carbonyl (C=O) groups is 1. The number of carbonyl (C=O) groups excluding carboxylic acids is 1. The van der Waals surface area contributed by atoms with Crippen LogP contribution in [0.4, 0.5) is 8.78 Å². The fourth-order valence-corrected chi connectivity index (χ4v) is 4.75. The van der Waals surface area contributed by atoms with Gasteiger partial charge in [0, 0.05) is 18.8 Å². The molecule has 0 radical (unpaired) electrons. The average Bonchev–Trinajstić information content (AvgIpc) is 3.20. The fourth-order valence-electron chi connectivity index (χ4n) is 4.46. The van der Waals surface area contributed by atoms with Gasteiger partial charge >= 0.3 is 0 Å². The molecule has 0 unspecified atom stereocenters. The predicted molar refractivity (Wildman–Crippen MR) is 127 cm³/mol. The lowest BCUT2D eigenvalue weighted by Crippen LogP contribution is -2.49. The van der Waals surface area contributed by atoms with Gasteiger partial charge in [0.2, 0.25) is 0 Å². The number of rotatable bonds is 4. The number of aliphatic hydroxyl groups is 1. The largest absolute Gasteiger partial charge is 0.388 e. The molecular weight excluding hydrogens is 478 g/mol. The predicted octanol–water partition coefficient (Wildman–Crippen LogP) is 3.79. The molecule has 1 aliphatic heterocycles. The van der Waals surface area contributed by atoms with E-state index in [-0.39, 0.29) is 43.6 Å². The molecule has 0 atom stereocenters. The van der Waals surface area contributed by atoms with E-state index in [2.05, 4.69) is 4.98 Å². The number of aromatic nitrogens is 3. The highest BCUT2D eigenvalue weighted by molar-refractivity contribution is 6.31. The van der Waals surface area contributed by atoms with Crippen LogP contribution in [0.2, 0.25) is 5.15 Å². The molecule has 7 nitrogen and oxygen atoms in total. The number of benzene rings is 2. The van der Waals surface area contributed by atoms with Crippen molar-refractivity contribution in [2.45, 2.75) is 25.0 Å².